The fourth-order valence-electron chi connectivity index (χ4n) is 1.85. The minimum atomic E-state index is 0.204. The van der Waals surface area contributed by atoms with Gasteiger partial charge in [0.1, 0.15) is 11.6 Å². The van der Waals surface area contributed by atoms with Crippen LogP contribution in [0, 0.1) is 0 Å². The molecule has 0 unspecified atom stereocenters. The van der Waals surface area contributed by atoms with Gasteiger partial charge in [0, 0.05) is 12.6 Å². The van der Waals surface area contributed by atoms with E-state index in [2.05, 4.69) is 29.1 Å². The lowest BCUT2D eigenvalue weighted by Gasteiger charge is -2.11. The van der Waals surface area contributed by atoms with E-state index in [-0.39, 0.29) is 5.95 Å². The third-order valence-corrected chi connectivity index (χ3v) is 2.84. The Balaban J connectivity index is 2.22. The molecule has 20 heavy (non-hydrogen) atoms. The third kappa shape index (κ3) is 3.60. The maximum atomic E-state index is 5.83. The number of rotatable bonds is 6. The molecule has 0 saturated carbocycles. The molecule has 0 aliphatic heterocycles. The number of ether oxygens (including phenoxy) is 1. The predicted octanol–water partition coefficient (Wildman–Crippen LogP) is 3.24. The number of nitrogens with one attached hydrogen (secondary N) is 1. The number of hydrogen-bond donors (Lipinski definition) is 2. The molecular weight excluding hydrogens is 252 g/mol. The summed E-state index contributed by atoms with van der Waals surface area (Å²) in [6.45, 7) is 5.01. The summed E-state index contributed by atoms with van der Waals surface area (Å²) in [7, 11) is 0. The van der Waals surface area contributed by atoms with Gasteiger partial charge in [0.2, 0.25) is 11.8 Å². The number of nitrogens with zero attached hydrogens (tertiary/aromatic N) is 2. The molecule has 0 atom stereocenters. The molecule has 5 nitrogen and oxygen atoms in total. The second-order valence-corrected chi connectivity index (χ2v) is 4.44. The van der Waals surface area contributed by atoms with Crippen LogP contribution in [0.25, 0.3) is 0 Å². The lowest BCUT2D eigenvalue weighted by Crippen LogP contribution is -2.06. The van der Waals surface area contributed by atoms with E-state index >= 15 is 0 Å². The van der Waals surface area contributed by atoms with Crippen LogP contribution in [0.3, 0.4) is 0 Å². The van der Waals surface area contributed by atoms with Crippen LogP contribution in [0.2, 0.25) is 0 Å². The van der Waals surface area contributed by atoms with Gasteiger partial charge in [-0.3, -0.25) is 0 Å². The second-order valence-electron chi connectivity index (χ2n) is 4.44. The molecule has 0 aliphatic carbocycles. The monoisotopic (exact) mass is 272 g/mol. The van der Waals surface area contributed by atoms with E-state index in [1.54, 1.807) is 6.07 Å². The minimum absolute atomic E-state index is 0.204. The number of hydrogen-bond acceptors (Lipinski definition) is 5. The zero-order valence-electron chi connectivity index (χ0n) is 11.9. The number of benzene rings is 1. The van der Waals surface area contributed by atoms with E-state index in [4.69, 9.17) is 10.5 Å². The van der Waals surface area contributed by atoms with Gasteiger partial charge in [0.05, 0.1) is 0 Å². The molecule has 0 saturated heterocycles. The van der Waals surface area contributed by atoms with Crippen molar-refractivity contribution in [3.05, 3.63) is 35.9 Å². The molecule has 2 aromatic rings. The largest absolute Gasteiger partial charge is 0.438 e. The maximum absolute atomic E-state index is 5.83. The molecule has 0 radical (unpaired) electrons. The van der Waals surface area contributed by atoms with E-state index in [1.807, 2.05) is 24.3 Å². The van der Waals surface area contributed by atoms with Crippen LogP contribution in [-0.2, 0) is 6.42 Å². The normalized spacial score (nSPS) is 10.3. The average molecular weight is 272 g/mol. The van der Waals surface area contributed by atoms with Crippen molar-refractivity contribution in [1.82, 2.24) is 9.97 Å². The number of aromatic nitrogens is 2. The molecule has 0 aliphatic rings. The van der Waals surface area contributed by atoms with Crippen LogP contribution in [0.15, 0.2) is 30.3 Å². The Kier molecular flexibility index (Phi) is 4.76. The van der Waals surface area contributed by atoms with Crippen molar-refractivity contribution in [2.24, 2.45) is 0 Å². The van der Waals surface area contributed by atoms with Gasteiger partial charge in [-0.25, -0.2) is 0 Å². The summed E-state index contributed by atoms with van der Waals surface area (Å²) < 4.78 is 5.83. The van der Waals surface area contributed by atoms with E-state index in [0.29, 0.717) is 11.7 Å². The van der Waals surface area contributed by atoms with Crippen LogP contribution in [0.4, 0.5) is 11.8 Å². The molecule has 5 heteroatoms. The summed E-state index contributed by atoms with van der Waals surface area (Å²) in [5.74, 6) is 2.14. The number of aryl methyl sites for hydroxylation is 1. The molecule has 0 bridgehead atoms. The summed E-state index contributed by atoms with van der Waals surface area (Å²) in [4.78, 5) is 8.25. The summed E-state index contributed by atoms with van der Waals surface area (Å²) >= 11 is 0. The van der Waals surface area contributed by atoms with Crippen molar-refractivity contribution in [3.63, 3.8) is 0 Å². The second kappa shape index (κ2) is 6.75. The first-order chi connectivity index (χ1) is 9.72. The Labute approximate surface area is 119 Å². The summed E-state index contributed by atoms with van der Waals surface area (Å²) in [5, 5.41) is 3.18. The highest BCUT2D eigenvalue weighted by Gasteiger charge is 2.07. The Morgan fingerprint density at radius 1 is 1.20 bits per heavy atom. The first-order valence-electron chi connectivity index (χ1n) is 6.87. The topological polar surface area (TPSA) is 73.1 Å². The van der Waals surface area contributed by atoms with Crippen molar-refractivity contribution in [1.29, 1.82) is 0 Å². The van der Waals surface area contributed by atoms with E-state index in [0.717, 1.165) is 30.7 Å². The highest BCUT2D eigenvalue weighted by Crippen LogP contribution is 2.26. The van der Waals surface area contributed by atoms with Gasteiger partial charge in [-0.05, 0) is 24.5 Å². The van der Waals surface area contributed by atoms with Gasteiger partial charge in [0.15, 0.2) is 0 Å². The molecule has 0 fully saturated rings. The molecule has 2 rings (SSSR count). The molecule has 1 aromatic carbocycles. The molecular formula is C15H20N4O. The fourth-order valence-corrected chi connectivity index (χ4v) is 1.85. The van der Waals surface area contributed by atoms with E-state index in [1.165, 1.54) is 0 Å². The predicted molar refractivity (Wildman–Crippen MR) is 81.1 cm³/mol. The summed E-state index contributed by atoms with van der Waals surface area (Å²) in [5.41, 5.74) is 6.85. The van der Waals surface area contributed by atoms with Crippen LogP contribution in [-0.4, -0.2) is 16.5 Å². The maximum Gasteiger partial charge on any atom is 0.226 e. The summed E-state index contributed by atoms with van der Waals surface area (Å²) in [6.07, 6.45) is 1.91. The lowest BCUT2D eigenvalue weighted by atomic mass is 10.1. The zero-order valence-corrected chi connectivity index (χ0v) is 11.9. The van der Waals surface area contributed by atoms with Crippen molar-refractivity contribution >= 4 is 11.8 Å². The first-order valence-corrected chi connectivity index (χ1v) is 6.87. The number of para-hydroxylation sites is 1. The van der Waals surface area contributed by atoms with E-state index in [9.17, 15) is 0 Å². The Bertz CT molecular complexity index is 572. The van der Waals surface area contributed by atoms with Crippen LogP contribution >= 0.6 is 0 Å². The fraction of sp³-hybridized carbons (Fsp3) is 0.333. The van der Waals surface area contributed by atoms with E-state index < -0.39 is 0 Å². The number of nitrogens with two attached hydrogens (primary N) is 1. The number of anilines is 2. The van der Waals surface area contributed by atoms with Gasteiger partial charge >= 0.3 is 0 Å². The Morgan fingerprint density at radius 2 is 2.00 bits per heavy atom. The quantitative estimate of drug-likeness (QED) is 0.844. The van der Waals surface area contributed by atoms with Crippen molar-refractivity contribution in [2.45, 2.75) is 26.7 Å². The van der Waals surface area contributed by atoms with Crippen molar-refractivity contribution < 1.29 is 4.74 Å². The van der Waals surface area contributed by atoms with Crippen molar-refractivity contribution in [2.75, 3.05) is 17.6 Å². The number of nitrogen functional groups attached to an aromatic ring is 1. The van der Waals surface area contributed by atoms with Crippen LogP contribution < -0.4 is 15.8 Å². The van der Waals surface area contributed by atoms with Crippen LogP contribution in [0.1, 0.15) is 25.8 Å². The SMILES string of the molecule is CCCNc1cc(Oc2ccccc2CC)nc(N)n1. The third-order valence-electron chi connectivity index (χ3n) is 2.84. The smallest absolute Gasteiger partial charge is 0.226 e. The van der Waals surface area contributed by atoms with Gasteiger partial charge in [-0.15, -0.1) is 0 Å². The molecule has 0 spiro atoms. The highest BCUT2D eigenvalue weighted by molar-refractivity contribution is 5.45. The Morgan fingerprint density at radius 3 is 2.75 bits per heavy atom. The molecule has 1 aromatic heterocycles. The molecule has 3 N–H and O–H groups in total. The van der Waals surface area contributed by atoms with Crippen LogP contribution in [0.5, 0.6) is 11.6 Å². The Hall–Kier alpha value is -2.30. The molecule has 106 valence electrons. The average Bonchev–Trinajstić information content (AvgIpc) is 2.45. The standard InChI is InChI=1S/C15H20N4O/c1-3-9-17-13-10-14(19-15(16)18-13)20-12-8-6-5-7-11(12)4-2/h5-8,10H,3-4,9H2,1-2H3,(H3,16,17,18,19). The molecule has 0 amide bonds. The molecule has 1 heterocycles. The zero-order chi connectivity index (χ0) is 14.4. The van der Waals surface area contributed by atoms with Gasteiger partial charge in [-0.2, -0.15) is 9.97 Å². The first kappa shape index (κ1) is 14.1. The highest BCUT2D eigenvalue weighted by atomic mass is 16.5. The van der Waals surface area contributed by atoms with Gasteiger partial charge in [-0.1, -0.05) is 32.0 Å². The van der Waals surface area contributed by atoms with Gasteiger partial charge < -0.3 is 15.8 Å². The summed E-state index contributed by atoms with van der Waals surface area (Å²) in [6, 6.07) is 9.66. The van der Waals surface area contributed by atoms with Crippen molar-refractivity contribution in [3.8, 4) is 11.6 Å². The lowest BCUT2D eigenvalue weighted by molar-refractivity contribution is 0.457. The van der Waals surface area contributed by atoms with Gasteiger partial charge in [0.25, 0.3) is 0 Å². The minimum Gasteiger partial charge on any atom is -0.438 e.